The normalized spacial score (nSPS) is 14.0. The summed E-state index contributed by atoms with van der Waals surface area (Å²) in [7, 11) is 14.2. The molecule has 0 aliphatic rings. The van der Waals surface area contributed by atoms with Crippen molar-refractivity contribution in [3.63, 3.8) is 0 Å². The number of nitrogens with zero attached hydrogens (tertiary/aromatic N) is 2. The molecule has 0 aliphatic carbocycles. The summed E-state index contributed by atoms with van der Waals surface area (Å²) in [5.41, 5.74) is 0. The number of quaternary nitrogens is 2. The van der Waals surface area contributed by atoms with Crippen LogP contribution in [0, 0.1) is 0 Å². The SMILES string of the molecule is C[N+](C)(C)[BH2-][AsH3][BH2-][N+](C)(C)C. The van der Waals surface area contributed by atoms with Gasteiger partial charge in [0.2, 0.25) is 0 Å². The van der Waals surface area contributed by atoms with Crippen molar-refractivity contribution in [1.29, 1.82) is 0 Å². The Kier molecular flexibility index (Phi) is 4.24. The molecule has 0 saturated carbocycles. The Morgan fingerprint density at radius 2 is 1.00 bits per heavy atom. The fraction of sp³-hybridized carbons (Fsp3) is 1.00. The van der Waals surface area contributed by atoms with Crippen LogP contribution in [0.2, 0.25) is 0 Å². The Labute approximate surface area is 79.0 Å². The van der Waals surface area contributed by atoms with Crippen molar-refractivity contribution >= 4 is 27.6 Å². The van der Waals surface area contributed by atoms with Crippen LogP contribution >= 0.6 is 0 Å². The molecule has 0 aromatic rings. The second-order valence-corrected chi connectivity index (χ2v) is 12.3. The molecule has 0 aliphatic heterocycles. The first kappa shape index (κ1) is 11.6. The Morgan fingerprint density at radius 1 is 0.727 bits per heavy atom. The van der Waals surface area contributed by atoms with E-state index < -0.39 is 0 Å². The van der Waals surface area contributed by atoms with Crippen molar-refractivity contribution < 1.29 is 8.79 Å². The van der Waals surface area contributed by atoms with Crippen molar-refractivity contribution in [3.8, 4) is 0 Å². The van der Waals surface area contributed by atoms with E-state index in [-0.39, 0.29) is 15.4 Å². The van der Waals surface area contributed by atoms with Crippen LogP contribution in [0.1, 0.15) is 0 Å². The van der Waals surface area contributed by atoms with Gasteiger partial charge in [0.15, 0.2) is 0 Å². The van der Waals surface area contributed by atoms with Gasteiger partial charge in [-0.05, 0) is 0 Å². The first-order chi connectivity index (χ1) is 4.71. The third kappa shape index (κ3) is 10.6. The zero-order valence-corrected chi connectivity index (χ0v) is 12.6. The van der Waals surface area contributed by atoms with Crippen LogP contribution in [-0.4, -0.2) is 78.7 Å². The molecular weight excluding hydrogens is 197 g/mol. The molecule has 0 atom stereocenters. The molecule has 0 spiro atoms. The standard InChI is InChI=1S/C6H25AsB2N2/c1-10(2,3)8-7-9-11(4,5)6/h8-9H2,1-7H3. The van der Waals surface area contributed by atoms with Crippen molar-refractivity contribution in [1.82, 2.24) is 0 Å². The van der Waals surface area contributed by atoms with E-state index in [1.54, 1.807) is 0 Å². The second kappa shape index (κ2) is 4.02. The minimum absolute atomic E-state index is 0.0104. The van der Waals surface area contributed by atoms with Gasteiger partial charge in [-0.15, -0.1) is 0 Å². The number of rotatable bonds is 4. The molecule has 0 rings (SSSR count). The van der Waals surface area contributed by atoms with Crippen LogP contribution in [0.25, 0.3) is 0 Å². The summed E-state index contributed by atoms with van der Waals surface area (Å²) >= 11 is -0.0104. The van der Waals surface area contributed by atoms with E-state index in [9.17, 15) is 0 Å². The second-order valence-electron chi connectivity index (χ2n) is 6.71. The monoisotopic (exact) mass is 222 g/mol. The maximum atomic E-state index is 2.37. The van der Waals surface area contributed by atoms with Crippen LogP contribution in [-0.2, 0) is 0 Å². The van der Waals surface area contributed by atoms with Gasteiger partial charge in [-0.3, -0.25) is 0 Å². The first-order valence-corrected chi connectivity index (χ1v) is 10.9. The first-order valence-electron chi connectivity index (χ1n) is 4.99. The zero-order chi connectivity index (χ0) is 9.12. The van der Waals surface area contributed by atoms with Crippen LogP contribution in [0.5, 0.6) is 0 Å². The van der Waals surface area contributed by atoms with Crippen LogP contribution in [0.15, 0.2) is 0 Å². The molecule has 0 unspecified atom stereocenters. The van der Waals surface area contributed by atoms with Crippen LogP contribution in [0.4, 0.5) is 0 Å². The third-order valence-electron chi connectivity index (χ3n) is 2.53. The van der Waals surface area contributed by atoms with Crippen molar-refractivity contribution in [3.05, 3.63) is 0 Å². The van der Waals surface area contributed by atoms with E-state index in [0.29, 0.717) is 12.2 Å². The van der Waals surface area contributed by atoms with Gasteiger partial charge in [-0.25, -0.2) is 0 Å². The average molecular weight is 222 g/mol. The molecule has 0 aromatic carbocycles. The predicted octanol–water partition coefficient (Wildman–Crippen LogP) is -2.70. The van der Waals surface area contributed by atoms with Crippen molar-refractivity contribution in [2.45, 2.75) is 0 Å². The summed E-state index contributed by atoms with van der Waals surface area (Å²) in [5.74, 6) is 0. The number of hydrogen-bond donors (Lipinski definition) is 0. The van der Waals surface area contributed by atoms with Gasteiger partial charge in [0.1, 0.15) is 0 Å². The summed E-state index contributed by atoms with van der Waals surface area (Å²) in [5, 5.41) is 0. The molecule has 0 radical (unpaired) electrons. The molecule has 0 saturated heterocycles. The maximum absolute atomic E-state index is 2.37. The van der Waals surface area contributed by atoms with Gasteiger partial charge in [0.25, 0.3) is 0 Å². The fourth-order valence-corrected chi connectivity index (χ4v) is 10.6. The Balaban J connectivity index is 3.44. The quantitative estimate of drug-likeness (QED) is 0.454. The van der Waals surface area contributed by atoms with E-state index in [1.807, 2.05) is 0 Å². The third-order valence-corrected chi connectivity index (χ3v) is 13.1. The van der Waals surface area contributed by atoms with Gasteiger partial charge >= 0.3 is 78.7 Å². The van der Waals surface area contributed by atoms with E-state index >= 15 is 0 Å². The average Bonchev–Trinajstić information content (AvgIpc) is 1.55. The summed E-state index contributed by atoms with van der Waals surface area (Å²) in [6.45, 7) is 0. The minimum atomic E-state index is -0.0104. The molecule has 5 heteroatoms. The van der Waals surface area contributed by atoms with E-state index in [0.717, 1.165) is 0 Å². The molecular formula is C6H25AsB2N2. The Bertz CT molecular complexity index is 103. The summed E-state index contributed by atoms with van der Waals surface area (Å²) in [6, 6.07) is 0. The molecule has 0 fully saturated rings. The van der Waals surface area contributed by atoms with Crippen LogP contribution < -0.4 is 0 Å². The molecule has 0 aromatic heterocycles. The molecule has 0 amide bonds. The summed E-state index contributed by atoms with van der Waals surface area (Å²) < 4.78 is 2.65. The molecule has 0 heterocycles. The van der Waals surface area contributed by atoms with Crippen molar-refractivity contribution in [2.75, 3.05) is 42.3 Å². The molecule has 70 valence electrons. The molecule has 2 nitrogen and oxygen atoms in total. The zero-order valence-electron chi connectivity index (χ0n) is 9.60. The predicted molar refractivity (Wildman–Crippen MR) is 63.1 cm³/mol. The van der Waals surface area contributed by atoms with Gasteiger partial charge in [-0.1, -0.05) is 0 Å². The van der Waals surface area contributed by atoms with Gasteiger partial charge in [0.05, 0.1) is 0 Å². The molecule has 0 bridgehead atoms. The Morgan fingerprint density at radius 3 is 1.18 bits per heavy atom. The molecule has 11 heavy (non-hydrogen) atoms. The fourth-order valence-electron chi connectivity index (χ4n) is 2.04. The van der Waals surface area contributed by atoms with E-state index in [2.05, 4.69) is 42.3 Å². The topological polar surface area (TPSA) is 0 Å². The van der Waals surface area contributed by atoms with Gasteiger partial charge in [0, 0.05) is 0 Å². The van der Waals surface area contributed by atoms with Crippen molar-refractivity contribution in [2.24, 2.45) is 0 Å². The van der Waals surface area contributed by atoms with Crippen LogP contribution in [0.3, 0.4) is 0 Å². The number of hydrogen-bond acceptors (Lipinski definition) is 0. The summed E-state index contributed by atoms with van der Waals surface area (Å²) in [6.07, 6.45) is 0.906. The molecule has 0 N–H and O–H groups in total. The van der Waals surface area contributed by atoms with E-state index in [1.165, 1.54) is 8.79 Å². The Hall–Kier alpha value is 0.608. The van der Waals surface area contributed by atoms with Gasteiger partial charge < -0.3 is 0 Å². The summed E-state index contributed by atoms with van der Waals surface area (Å²) in [4.78, 5) is 0. The van der Waals surface area contributed by atoms with E-state index in [4.69, 9.17) is 0 Å². The van der Waals surface area contributed by atoms with Gasteiger partial charge in [-0.2, -0.15) is 0 Å².